The first-order valence-corrected chi connectivity index (χ1v) is 6.68. The third-order valence-corrected chi connectivity index (χ3v) is 3.81. The van der Waals surface area contributed by atoms with Crippen LogP contribution in [0.2, 0.25) is 0 Å². The van der Waals surface area contributed by atoms with Gasteiger partial charge in [-0.1, -0.05) is 6.92 Å². The number of rotatable bonds is 1. The topological polar surface area (TPSA) is 29.3 Å². The Morgan fingerprint density at radius 1 is 1.44 bits per heavy atom. The summed E-state index contributed by atoms with van der Waals surface area (Å²) in [6.07, 6.45) is 2.60. The van der Waals surface area contributed by atoms with Gasteiger partial charge in [0.15, 0.2) is 0 Å². The molecule has 0 radical (unpaired) electrons. The fraction of sp³-hybridized carbons (Fsp3) is 0.538. The van der Waals surface area contributed by atoms with E-state index < -0.39 is 0 Å². The third kappa shape index (κ3) is 2.34. The number of piperidine rings is 1. The van der Waals surface area contributed by atoms with Crippen LogP contribution in [0.15, 0.2) is 16.6 Å². The number of nitrogens with two attached hydrogens (primary N) is 1. The van der Waals surface area contributed by atoms with Gasteiger partial charge in [0, 0.05) is 17.6 Å². The highest BCUT2D eigenvalue weighted by molar-refractivity contribution is 9.10. The molecule has 0 aliphatic carbocycles. The number of halogens is 1. The van der Waals surface area contributed by atoms with Crippen molar-refractivity contribution in [1.29, 1.82) is 0 Å². The molecule has 1 heterocycles. The van der Waals surface area contributed by atoms with E-state index in [2.05, 4.69) is 46.8 Å². The Morgan fingerprint density at radius 2 is 2.19 bits per heavy atom. The van der Waals surface area contributed by atoms with Crippen molar-refractivity contribution in [3.05, 3.63) is 22.2 Å². The number of aryl methyl sites for hydroxylation is 1. The summed E-state index contributed by atoms with van der Waals surface area (Å²) >= 11 is 3.63. The second-order valence-electron chi connectivity index (χ2n) is 4.88. The number of anilines is 2. The van der Waals surface area contributed by atoms with Gasteiger partial charge in [0.05, 0.1) is 11.4 Å². The minimum absolute atomic E-state index is 0.765. The highest BCUT2D eigenvalue weighted by Crippen LogP contribution is 2.35. The summed E-state index contributed by atoms with van der Waals surface area (Å²) < 4.78 is 1.12. The molecule has 0 amide bonds. The van der Waals surface area contributed by atoms with Crippen LogP contribution in [0.1, 0.15) is 25.3 Å². The van der Waals surface area contributed by atoms with E-state index in [9.17, 15) is 0 Å². The minimum Gasteiger partial charge on any atom is -0.397 e. The number of nitrogen functional groups attached to an aromatic ring is 1. The normalized spacial score (nSPS) is 21.2. The van der Waals surface area contributed by atoms with Gasteiger partial charge >= 0.3 is 0 Å². The average molecular weight is 283 g/mol. The molecule has 2 nitrogen and oxygen atoms in total. The Kier molecular flexibility index (Phi) is 3.43. The van der Waals surface area contributed by atoms with E-state index >= 15 is 0 Å². The van der Waals surface area contributed by atoms with Crippen molar-refractivity contribution in [3.8, 4) is 0 Å². The van der Waals surface area contributed by atoms with Crippen LogP contribution < -0.4 is 10.6 Å². The number of nitrogens with zero attached hydrogens (tertiary/aromatic N) is 1. The standard InChI is InChI=1S/C13H19BrN2/c1-9-4-3-5-16(8-9)13-11(14)6-10(2)7-12(13)15/h6-7,9H,3-5,8,15H2,1-2H3. The van der Waals surface area contributed by atoms with E-state index in [1.165, 1.54) is 24.1 Å². The van der Waals surface area contributed by atoms with E-state index in [0.29, 0.717) is 0 Å². The quantitative estimate of drug-likeness (QED) is 0.798. The summed E-state index contributed by atoms with van der Waals surface area (Å²) in [5.74, 6) is 0.765. The SMILES string of the molecule is Cc1cc(N)c(N2CCCC(C)C2)c(Br)c1. The molecule has 2 N–H and O–H groups in total. The summed E-state index contributed by atoms with van der Waals surface area (Å²) in [4.78, 5) is 2.41. The molecule has 1 unspecified atom stereocenters. The van der Waals surface area contributed by atoms with Gasteiger partial charge in [0.25, 0.3) is 0 Å². The van der Waals surface area contributed by atoms with Crippen molar-refractivity contribution < 1.29 is 0 Å². The molecule has 1 atom stereocenters. The molecule has 1 aliphatic rings. The molecule has 3 heteroatoms. The lowest BCUT2D eigenvalue weighted by Crippen LogP contribution is -2.34. The van der Waals surface area contributed by atoms with Crippen LogP contribution >= 0.6 is 15.9 Å². The molecule has 0 bridgehead atoms. The Morgan fingerprint density at radius 3 is 2.81 bits per heavy atom. The fourth-order valence-corrected chi connectivity index (χ4v) is 3.33. The smallest absolute Gasteiger partial charge is 0.0744 e. The van der Waals surface area contributed by atoms with Gasteiger partial charge in [0.2, 0.25) is 0 Å². The number of hydrogen-bond donors (Lipinski definition) is 1. The molecule has 88 valence electrons. The van der Waals surface area contributed by atoms with Crippen molar-refractivity contribution in [2.24, 2.45) is 5.92 Å². The maximum atomic E-state index is 6.13. The zero-order valence-corrected chi connectivity index (χ0v) is 11.5. The zero-order chi connectivity index (χ0) is 11.7. The molecule has 1 aromatic carbocycles. The highest BCUT2D eigenvalue weighted by Gasteiger charge is 2.20. The van der Waals surface area contributed by atoms with E-state index in [1.54, 1.807) is 0 Å². The number of benzene rings is 1. The predicted molar refractivity (Wildman–Crippen MR) is 73.9 cm³/mol. The lowest BCUT2D eigenvalue weighted by atomic mass is 9.99. The maximum Gasteiger partial charge on any atom is 0.0744 e. The predicted octanol–water partition coefficient (Wildman–Crippen LogP) is 3.58. The first-order chi connectivity index (χ1) is 7.58. The first kappa shape index (κ1) is 11.8. The first-order valence-electron chi connectivity index (χ1n) is 5.88. The van der Waals surface area contributed by atoms with Crippen LogP contribution in [0.25, 0.3) is 0 Å². The van der Waals surface area contributed by atoms with Crippen LogP contribution in [0, 0.1) is 12.8 Å². The second-order valence-corrected chi connectivity index (χ2v) is 5.73. The summed E-state index contributed by atoms with van der Waals surface area (Å²) in [5.41, 5.74) is 9.40. The third-order valence-electron chi connectivity index (χ3n) is 3.21. The summed E-state index contributed by atoms with van der Waals surface area (Å²) in [5, 5.41) is 0. The maximum absolute atomic E-state index is 6.13. The van der Waals surface area contributed by atoms with E-state index in [-0.39, 0.29) is 0 Å². The molecule has 1 fully saturated rings. The van der Waals surface area contributed by atoms with Crippen LogP contribution in [-0.4, -0.2) is 13.1 Å². The van der Waals surface area contributed by atoms with E-state index in [1.807, 2.05) is 0 Å². The van der Waals surface area contributed by atoms with Gasteiger partial charge in [-0.15, -0.1) is 0 Å². The Labute approximate surface area is 106 Å². The van der Waals surface area contributed by atoms with Crippen molar-refractivity contribution in [2.75, 3.05) is 23.7 Å². The summed E-state index contributed by atoms with van der Waals surface area (Å²) in [6, 6.07) is 4.20. The monoisotopic (exact) mass is 282 g/mol. The van der Waals surface area contributed by atoms with Crippen molar-refractivity contribution in [2.45, 2.75) is 26.7 Å². The Bertz CT molecular complexity index is 367. The van der Waals surface area contributed by atoms with Gasteiger partial charge in [-0.05, 0) is 59.3 Å². The second kappa shape index (κ2) is 4.66. The number of hydrogen-bond acceptors (Lipinski definition) is 2. The van der Waals surface area contributed by atoms with Gasteiger partial charge < -0.3 is 10.6 Å². The zero-order valence-electron chi connectivity index (χ0n) is 9.96. The average Bonchev–Trinajstić information content (AvgIpc) is 2.15. The van der Waals surface area contributed by atoms with Gasteiger partial charge in [-0.2, -0.15) is 0 Å². The Hall–Kier alpha value is -0.700. The lowest BCUT2D eigenvalue weighted by Gasteiger charge is -2.34. The van der Waals surface area contributed by atoms with Gasteiger partial charge in [-0.3, -0.25) is 0 Å². The Balaban J connectivity index is 2.32. The highest BCUT2D eigenvalue weighted by atomic mass is 79.9. The largest absolute Gasteiger partial charge is 0.397 e. The van der Waals surface area contributed by atoms with Crippen LogP contribution in [0.3, 0.4) is 0 Å². The summed E-state index contributed by atoms with van der Waals surface area (Å²) in [6.45, 7) is 6.62. The van der Waals surface area contributed by atoms with Crippen molar-refractivity contribution >= 4 is 27.3 Å². The summed E-state index contributed by atoms with van der Waals surface area (Å²) in [7, 11) is 0. The van der Waals surface area contributed by atoms with Crippen LogP contribution in [0.5, 0.6) is 0 Å². The lowest BCUT2D eigenvalue weighted by molar-refractivity contribution is 0.447. The van der Waals surface area contributed by atoms with Gasteiger partial charge in [0.1, 0.15) is 0 Å². The van der Waals surface area contributed by atoms with E-state index in [4.69, 9.17) is 5.73 Å². The van der Waals surface area contributed by atoms with Crippen molar-refractivity contribution in [3.63, 3.8) is 0 Å². The fourth-order valence-electron chi connectivity index (χ4n) is 2.49. The molecule has 2 rings (SSSR count). The van der Waals surface area contributed by atoms with Crippen LogP contribution in [-0.2, 0) is 0 Å². The molecular formula is C13H19BrN2. The molecule has 1 aliphatic heterocycles. The molecule has 1 aromatic rings. The molecular weight excluding hydrogens is 264 g/mol. The molecule has 1 saturated heterocycles. The van der Waals surface area contributed by atoms with E-state index in [0.717, 1.165) is 29.2 Å². The van der Waals surface area contributed by atoms with Crippen molar-refractivity contribution in [1.82, 2.24) is 0 Å². The molecule has 0 saturated carbocycles. The van der Waals surface area contributed by atoms with Gasteiger partial charge in [-0.25, -0.2) is 0 Å². The molecule has 0 spiro atoms. The molecule has 0 aromatic heterocycles. The van der Waals surface area contributed by atoms with Crippen LogP contribution in [0.4, 0.5) is 11.4 Å². The molecule has 16 heavy (non-hydrogen) atoms. The minimum atomic E-state index is 0.765.